The van der Waals surface area contributed by atoms with Crippen molar-refractivity contribution in [1.29, 1.82) is 0 Å². The quantitative estimate of drug-likeness (QED) is 0.316. The highest BCUT2D eigenvalue weighted by Crippen LogP contribution is 2.26. The molecule has 0 radical (unpaired) electrons. The third-order valence-electron chi connectivity index (χ3n) is 1.83. The highest BCUT2D eigenvalue weighted by atomic mass is 35.5. The molecule has 1 atom stereocenters. The van der Waals surface area contributed by atoms with Crippen LogP contribution in [-0.2, 0) is 4.74 Å². The second kappa shape index (κ2) is 4.52. The zero-order chi connectivity index (χ0) is 10.6. The molecule has 0 saturated carbocycles. The summed E-state index contributed by atoms with van der Waals surface area (Å²) in [5.74, 6) is -0.327. The van der Waals surface area contributed by atoms with Gasteiger partial charge in [0.05, 0.1) is 18.0 Å². The lowest BCUT2D eigenvalue weighted by Gasteiger charge is -2.22. The summed E-state index contributed by atoms with van der Waals surface area (Å²) in [7, 11) is 0. The minimum atomic E-state index is -1.65. The Kier molecular flexibility index (Phi) is 3.60. The van der Waals surface area contributed by atoms with E-state index in [9.17, 15) is 14.5 Å². The predicted octanol–water partition coefficient (Wildman–Crippen LogP) is 2.03. The molecule has 0 aliphatic heterocycles. The summed E-state index contributed by atoms with van der Waals surface area (Å²) in [6.07, 6.45) is 3.14. The van der Waals surface area contributed by atoms with Crippen molar-refractivity contribution in [2.45, 2.75) is 12.1 Å². The summed E-state index contributed by atoms with van der Waals surface area (Å²) < 4.78 is 17.6. The molecule has 0 heterocycles. The van der Waals surface area contributed by atoms with Gasteiger partial charge in [-0.3, -0.25) is 10.1 Å². The standard InChI is InChI=1S/C8H9ClFNO3/c9-5-6-14-8(11(12)13)3-1-7(10)2-4-8/h1-3H,4-6H2. The van der Waals surface area contributed by atoms with E-state index in [0.29, 0.717) is 0 Å². The van der Waals surface area contributed by atoms with Gasteiger partial charge in [0.25, 0.3) is 0 Å². The predicted molar refractivity (Wildman–Crippen MR) is 49.3 cm³/mol. The third kappa shape index (κ3) is 2.30. The van der Waals surface area contributed by atoms with Crippen LogP contribution in [-0.4, -0.2) is 23.1 Å². The monoisotopic (exact) mass is 221 g/mol. The fourth-order valence-corrected chi connectivity index (χ4v) is 1.18. The molecule has 1 rings (SSSR count). The first-order chi connectivity index (χ1) is 6.60. The molecule has 0 aromatic heterocycles. The van der Waals surface area contributed by atoms with E-state index in [4.69, 9.17) is 16.3 Å². The van der Waals surface area contributed by atoms with Crippen molar-refractivity contribution in [1.82, 2.24) is 0 Å². The van der Waals surface area contributed by atoms with Crippen molar-refractivity contribution in [2.24, 2.45) is 0 Å². The lowest BCUT2D eigenvalue weighted by molar-refractivity contribution is -0.612. The summed E-state index contributed by atoms with van der Waals surface area (Å²) in [5.41, 5.74) is -1.65. The molecule has 0 N–H and O–H groups in total. The van der Waals surface area contributed by atoms with Crippen LogP contribution in [0.5, 0.6) is 0 Å². The van der Waals surface area contributed by atoms with Crippen LogP contribution < -0.4 is 0 Å². The molecule has 0 aromatic rings. The maximum absolute atomic E-state index is 12.6. The van der Waals surface area contributed by atoms with Crippen LogP contribution in [0.3, 0.4) is 0 Å². The van der Waals surface area contributed by atoms with Crippen LogP contribution in [0.25, 0.3) is 0 Å². The van der Waals surface area contributed by atoms with E-state index >= 15 is 0 Å². The van der Waals surface area contributed by atoms with Gasteiger partial charge in [-0.25, -0.2) is 4.39 Å². The number of rotatable bonds is 4. The van der Waals surface area contributed by atoms with Crippen LogP contribution in [0.2, 0.25) is 0 Å². The number of alkyl halides is 1. The van der Waals surface area contributed by atoms with E-state index in [1.165, 1.54) is 0 Å². The van der Waals surface area contributed by atoms with E-state index in [-0.39, 0.29) is 18.9 Å². The Labute approximate surface area is 85.1 Å². The fourth-order valence-electron chi connectivity index (χ4n) is 1.10. The van der Waals surface area contributed by atoms with Gasteiger partial charge in [-0.1, -0.05) is 0 Å². The molecule has 0 fully saturated rings. The van der Waals surface area contributed by atoms with Gasteiger partial charge in [0.15, 0.2) is 0 Å². The van der Waals surface area contributed by atoms with E-state index in [1.54, 1.807) is 0 Å². The molecule has 0 bridgehead atoms. The van der Waals surface area contributed by atoms with Crippen molar-refractivity contribution in [3.05, 3.63) is 34.2 Å². The molecule has 0 amide bonds. The van der Waals surface area contributed by atoms with Crippen LogP contribution in [0.15, 0.2) is 24.1 Å². The lowest BCUT2D eigenvalue weighted by atomic mass is 10.0. The first kappa shape index (κ1) is 11.1. The summed E-state index contributed by atoms with van der Waals surface area (Å²) in [6, 6.07) is 0. The average Bonchev–Trinajstić information content (AvgIpc) is 2.17. The van der Waals surface area contributed by atoms with Gasteiger partial charge in [-0.05, 0) is 12.2 Å². The molecule has 1 aliphatic rings. The largest absolute Gasteiger partial charge is 0.348 e. The molecule has 6 heteroatoms. The van der Waals surface area contributed by atoms with Crippen molar-refractivity contribution >= 4 is 11.6 Å². The number of hydrogen-bond donors (Lipinski definition) is 0. The molecule has 0 aromatic carbocycles. The number of nitro groups is 1. The van der Waals surface area contributed by atoms with Crippen LogP contribution in [0, 0.1) is 10.1 Å². The third-order valence-corrected chi connectivity index (χ3v) is 1.99. The molecule has 4 nitrogen and oxygen atoms in total. The molecule has 0 saturated heterocycles. The van der Waals surface area contributed by atoms with Gasteiger partial charge in [0.2, 0.25) is 0 Å². The second-order valence-electron chi connectivity index (χ2n) is 2.77. The lowest BCUT2D eigenvalue weighted by Crippen LogP contribution is -2.40. The Balaban J connectivity index is 2.76. The summed E-state index contributed by atoms with van der Waals surface area (Å²) in [5, 5.41) is 10.7. The van der Waals surface area contributed by atoms with Gasteiger partial charge in [-0.2, -0.15) is 0 Å². The first-order valence-corrected chi connectivity index (χ1v) is 4.53. The topological polar surface area (TPSA) is 52.4 Å². The summed E-state index contributed by atoms with van der Waals surface area (Å²) >= 11 is 5.35. The Hall–Kier alpha value is -0.940. The molecule has 78 valence electrons. The van der Waals surface area contributed by atoms with Crippen LogP contribution in [0.1, 0.15) is 6.42 Å². The molecular weight excluding hydrogens is 213 g/mol. The molecule has 1 unspecified atom stereocenters. The molecule has 1 aliphatic carbocycles. The highest BCUT2D eigenvalue weighted by Gasteiger charge is 2.42. The highest BCUT2D eigenvalue weighted by molar-refractivity contribution is 6.17. The summed E-state index contributed by atoms with van der Waals surface area (Å²) in [4.78, 5) is 10.1. The molecular formula is C8H9ClFNO3. The van der Waals surface area contributed by atoms with Gasteiger partial charge in [0.1, 0.15) is 5.83 Å². The van der Waals surface area contributed by atoms with Gasteiger partial charge in [0, 0.05) is 12.0 Å². The number of halogens is 2. The minimum Gasteiger partial charge on any atom is -0.310 e. The maximum atomic E-state index is 12.6. The van der Waals surface area contributed by atoms with Crippen LogP contribution in [0.4, 0.5) is 4.39 Å². The van der Waals surface area contributed by atoms with Crippen molar-refractivity contribution in [3.63, 3.8) is 0 Å². The second-order valence-corrected chi connectivity index (χ2v) is 3.14. The summed E-state index contributed by atoms with van der Waals surface area (Å²) in [6.45, 7) is 0.0579. The Morgan fingerprint density at radius 1 is 1.79 bits per heavy atom. The van der Waals surface area contributed by atoms with E-state index in [1.807, 2.05) is 0 Å². The number of hydrogen-bond acceptors (Lipinski definition) is 3. The van der Waals surface area contributed by atoms with Crippen LogP contribution >= 0.6 is 11.6 Å². The zero-order valence-electron chi connectivity index (χ0n) is 7.28. The smallest absolute Gasteiger partial charge is 0.310 e. The number of allylic oxidation sites excluding steroid dienone is 2. The van der Waals surface area contributed by atoms with E-state index < -0.39 is 16.5 Å². The Morgan fingerprint density at radius 3 is 2.93 bits per heavy atom. The normalized spacial score (nSPS) is 26.0. The fraction of sp³-hybridized carbons (Fsp3) is 0.500. The maximum Gasteiger partial charge on any atom is 0.348 e. The Morgan fingerprint density at radius 2 is 2.50 bits per heavy atom. The Bertz CT molecular complexity index is 292. The number of ether oxygens (including phenoxy) is 1. The van der Waals surface area contributed by atoms with E-state index in [0.717, 1.165) is 18.2 Å². The van der Waals surface area contributed by atoms with Crippen molar-refractivity contribution in [3.8, 4) is 0 Å². The zero-order valence-corrected chi connectivity index (χ0v) is 8.04. The SMILES string of the molecule is O=[N+]([O-])C1(OCCCl)C=CC(F)=CC1. The molecule has 14 heavy (non-hydrogen) atoms. The van der Waals surface area contributed by atoms with Gasteiger partial charge < -0.3 is 4.74 Å². The number of nitrogens with zero attached hydrogens (tertiary/aromatic N) is 1. The van der Waals surface area contributed by atoms with Crippen molar-refractivity contribution in [2.75, 3.05) is 12.5 Å². The van der Waals surface area contributed by atoms with Gasteiger partial charge in [-0.15, -0.1) is 11.6 Å². The van der Waals surface area contributed by atoms with Gasteiger partial charge >= 0.3 is 5.72 Å². The minimum absolute atomic E-state index is 0.0579. The van der Waals surface area contributed by atoms with Crippen molar-refractivity contribution < 1.29 is 14.1 Å². The first-order valence-electron chi connectivity index (χ1n) is 4.00. The average molecular weight is 222 g/mol. The van der Waals surface area contributed by atoms with E-state index in [2.05, 4.69) is 0 Å². The molecule has 0 spiro atoms.